The van der Waals surface area contributed by atoms with E-state index in [0.29, 0.717) is 12.3 Å². The SMILES string of the molecule is CC(O)Cc1coc(C2CCN(C)C2)n1. The van der Waals surface area contributed by atoms with Gasteiger partial charge >= 0.3 is 0 Å². The minimum absolute atomic E-state index is 0.353. The topological polar surface area (TPSA) is 49.5 Å². The Balaban J connectivity index is 2.00. The lowest BCUT2D eigenvalue weighted by molar-refractivity contribution is 0.194. The normalized spacial score (nSPS) is 24.6. The van der Waals surface area contributed by atoms with Crippen molar-refractivity contribution >= 4 is 0 Å². The van der Waals surface area contributed by atoms with Crippen LogP contribution < -0.4 is 0 Å². The van der Waals surface area contributed by atoms with Crippen LogP contribution in [0.15, 0.2) is 10.7 Å². The second-order valence-electron chi connectivity index (χ2n) is 4.48. The molecule has 4 nitrogen and oxygen atoms in total. The zero-order valence-electron chi connectivity index (χ0n) is 9.31. The van der Waals surface area contributed by atoms with Crippen molar-refractivity contribution < 1.29 is 9.52 Å². The number of hydrogen-bond donors (Lipinski definition) is 1. The summed E-state index contributed by atoms with van der Waals surface area (Å²) >= 11 is 0. The Morgan fingerprint density at radius 3 is 3.13 bits per heavy atom. The number of aliphatic hydroxyl groups is 1. The second kappa shape index (κ2) is 4.33. The van der Waals surface area contributed by atoms with E-state index in [1.807, 2.05) is 0 Å². The number of nitrogens with zero attached hydrogens (tertiary/aromatic N) is 2. The van der Waals surface area contributed by atoms with Crippen LogP contribution in [0.3, 0.4) is 0 Å². The molecule has 2 heterocycles. The Labute approximate surface area is 89.9 Å². The van der Waals surface area contributed by atoms with Crippen molar-refractivity contribution in [2.75, 3.05) is 20.1 Å². The van der Waals surface area contributed by atoms with Crippen molar-refractivity contribution in [2.24, 2.45) is 0 Å². The van der Waals surface area contributed by atoms with Gasteiger partial charge in [0, 0.05) is 18.9 Å². The highest BCUT2D eigenvalue weighted by atomic mass is 16.3. The molecular weight excluding hydrogens is 192 g/mol. The van der Waals surface area contributed by atoms with Gasteiger partial charge < -0.3 is 14.4 Å². The molecule has 1 fully saturated rings. The molecule has 1 saturated heterocycles. The highest BCUT2D eigenvalue weighted by molar-refractivity contribution is 5.04. The smallest absolute Gasteiger partial charge is 0.198 e. The van der Waals surface area contributed by atoms with Gasteiger partial charge in [-0.05, 0) is 26.9 Å². The van der Waals surface area contributed by atoms with E-state index in [0.717, 1.165) is 31.1 Å². The van der Waals surface area contributed by atoms with Gasteiger partial charge in [0.15, 0.2) is 5.89 Å². The number of oxazole rings is 1. The van der Waals surface area contributed by atoms with Gasteiger partial charge in [0.05, 0.1) is 11.8 Å². The number of likely N-dealkylation sites (tertiary alicyclic amines) is 1. The largest absolute Gasteiger partial charge is 0.448 e. The minimum Gasteiger partial charge on any atom is -0.448 e. The monoisotopic (exact) mass is 210 g/mol. The molecule has 0 amide bonds. The molecule has 2 rings (SSSR count). The molecule has 0 aliphatic carbocycles. The zero-order chi connectivity index (χ0) is 10.8. The van der Waals surface area contributed by atoms with E-state index in [1.54, 1.807) is 13.2 Å². The maximum absolute atomic E-state index is 9.23. The van der Waals surface area contributed by atoms with E-state index in [-0.39, 0.29) is 6.10 Å². The van der Waals surface area contributed by atoms with Gasteiger partial charge in [0.25, 0.3) is 0 Å². The van der Waals surface area contributed by atoms with Crippen LogP contribution >= 0.6 is 0 Å². The van der Waals surface area contributed by atoms with Crippen molar-refractivity contribution in [1.82, 2.24) is 9.88 Å². The summed E-state index contributed by atoms with van der Waals surface area (Å²) < 4.78 is 5.45. The Morgan fingerprint density at radius 1 is 1.73 bits per heavy atom. The van der Waals surface area contributed by atoms with E-state index in [1.165, 1.54) is 0 Å². The van der Waals surface area contributed by atoms with Gasteiger partial charge in [-0.3, -0.25) is 0 Å². The lowest BCUT2D eigenvalue weighted by atomic mass is 10.1. The molecule has 15 heavy (non-hydrogen) atoms. The van der Waals surface area contributed by atoms with E-state index in [4.69, 9.17) is 4.42 Å². The van der Waals surface area contributed by atoms with Crippen LogP contribution in [0.25, 0.3) is 0 Å². The van der Waals surface area contributed by atoms with Crippen molar-refractivity contribution in [3.63, 3.8) is 0 Å². The molecule has 0 radical (unpaired) electrons. The molecule has 1 aliphatic rings. The average molecular weight is 210 g/mol. The van der Waals surface area contributed by atoms with Gasteiger partial charge in [0.1, 0.15) is 6.26 Å². The van der Waals surface area contributed by atoms with Crippen LogP contribution in [0.5, 0.6) is 0 Å². The van der Waals surface area contributed by atoms with E-state index < -0.39 is 0 Å². The van der Waals surface area contributed by atoms with Crippen molar-refractivity contribution in [3.05, 3.63) is 17.8 Å². The molecule has 4 heteroatoms. The van der Waals surface area contributed by atoms with Crippen LogP contribution in [-0.4, -0.2) is 41.2 Å². The summed E-state index contributed by atoms with van der Waals surface area (Å²) in [5.41, 5.74) is 0.856. The van der Waals surface area contributed by atoms with Crippen LogP contribution in [0.1, 0.15) is 30.8 Å². The summed E-state index contributed by atoms with van der Waals surface area (Å²) in [4.78, 5) is 6.69. The van der Waals surface area contributed by atoms with E-state index in [2.05, 4.69) is 16.9 Å². The maximum atomic E-state index is 9.23. The van der Waals surface area contributed by atoms with Gasteiger partial charge in [-0.2, -0.15) is 0 Å². The molecule has 1 N–H and O–H groups in total. The molecular formula is C11H18N2O2. The predicted molar refractivity (Wildman–Crippen MR) is 56.7 cm³/mol. The molecule has 0 spiro atoms. The third-order valence-corrected chi connectivity index (χ3v) is 2.81. The van der Waals surface area contributed by atoms with Gasteiger partial charge in [0.2, 0.25) is 0 Å². The average Bonchev–Trinajstić information content (AvgIpc) is 2.72. The first-order chi connectivity index (χ1) is 7.15. The Hall–Kier alpha value is -0.870. The highest BCUT2D eigenvalue weighted by Gasteiger charge is 2.25. The fraction of sp³-hybridized carbons (Fsp3) is 0.727. The lowest BCUT2D eigenvalue weighted by Gasteiger charge is -2.05. The summed E-state index contributed by atoms with van der Waals surface area (Å²) in [6.45, 7) is 3.89. The summed E-state index contributed by atoms with van der Waals surface area (Å²) in [7, 11) is 2.11. The summed E-state index contributed by atoms with van der Waals surface area (Å²) in [5, 5.41) is 9.23. The first-order valence-electron chi connectivity index (χ1n) is 5.46. The highest BCUT2D eigenvalue weighted by Crippen LogP contribution is 2.25. The maximum Gasteiger partial charge on any atom is 0.198 e. The Morgan fingerprint density at radius 2 is 2.53 bits per heavy atom. The second-order valence-corrected chi connectivity index (χ2v) is 4.48. The van der Waals surface area contributed by atoms with Gasteiger partial charge in [-0.1, -0.05) is 0 Å². The molecule has 2 atom stereocenters. The third-order valence-electron chi connectivity index (χ3n) is 2.81. The number of rotatable bonds is 3. The quantitative estimate of drug-likeness (QED) is 0.809. The van der Waals surface area contributed by atoms with E-state index in [9.17, 15) is 5.11 Å². The third kappa shape index (κ3) is 2.58. The minimum atomic E-state index is -0.353. The number of likely N-dealkylation sites (N-methyl/N-ethyl adjacent to an activating group) is 1. The lowest BCUT2D eigenvalue weighted by Crippen LogP contribution is -2.13. The fourth-order valence-electron chi connectivity index (χ4n) is 2.04. The molecule has 1 aromatic rings. The molecule has 0 aromatic carbocycles. The number of aromatic nitrogens is 1. The number of aliphatic hydroxyl groups excluding tert-OH is 1. The van der Waals surface area contributed by atoms with Crippen LogP contribution in [0, 0.1) is 0 Å². The van der Waals surface area contributed by atoms with Crippen LogP contribution in [0.2, 0.25) is 0 Å². The molecule has 0 bridgehead atoms. The summed E-state index contributed by atoms with van der Waals surface area (Å²) in [6, 6.07) is 0. The van der Waals surface area contributed by atoms with Gasteiger partial charge in [-0.25, -0.2) is 4.98 Å². The van der Waals surface area contributed by atoms with Crippen LogP contribution in [-0.2, 0) is 6.42 Å². The predicted octanol–water partition coefficient (Wildman–Crippen LogP) is 1.02. The molecule has 1 aromatic heterocycles. The van der Waals surface area contributed by atoms with Crippen molar-refractivity contribution in [2.45, 2.75) is 31.8 Å². The Kier molecular flexibility index (Phi) is 3.07. The summed E-state index contributed by atoms with van der Waals surface area (Å²) in [5.74, 6) is 1.26. The number of hydrogen-bond acceptors (Lipinski definition) is 4. The molecule has 84 valence electrons. The van der Waals surface area contributed by atoms with Crippen molar-refractivity contribution in [1.29, 1.82) is 0 Å². The zero-order valence-corrected chi connectivity index (χ0v) is 9.31. The molecule has 2 unspecified atom stereocenters. The van der Waals surface area contributed by atoms with E-state index >= 15 is 0 Å². The first kappa shape index (κ1) is 10.6. The van der Waals surface area contributed by atoms with Gasteiger partial charge in [-0.15, -0.1) is 0 Å². The fourth-order valence-corrected chi connectivity index (χ4v) is 2.04. The Bertz CT molecular complexity index is 322. The summed E-state index contributed by atoms with van der Waals surface area (Å²) in [6.07, 6.45) is 3.01. The molecule has 1 aliphatic heterocycles. The first-order valence-corrected chi connectivity index (χ1v) is 5.46. The standard InChI is InChI=1S/C11H18N2O2/c1-8(14)5-10-7-15-11(12-10)9-3-4-13(2)6-9/h7-9,14H,3-6H2,1-2H3. The van der Waals surface area contributed by atoms with Crippen molar-refractivity contribution in [3.8, 4) is 0 Å². The van der Waals surface area contributed by atoms with Crippen LogP contribution in [0.4, 0.5) is 0 Å². The molecule has 0 saturated carbocycles.